The van der Waals surface area contributed by atoms with E-state index in [2.05, 4.69) is 0 Å². The molecule has 104 valence electrons. The van der Waals surface area contributed by atoms with Gasteiger partial charge < -0.3 is 14.7 Å². The van der Waals surface area contributed by atoms with E-state index in [4.69, 9.17) is 9.84 Å². The molecule has 0 unspecified atom stereocenters. The molecule has 6 heteroatoms. The lowest BCUT2D eigenvalue weighted by molar-refractivity contribution is -0.147. The van der Waals surface area contributed by atoms with E-state index >= 15 is 0 Å². The Kier molecular flexibility index (Phi) is 5.10. The number of morpholine rings is 1. The predicted octanol–water partition coefficient (Wildman–Crippen LogP) is 0.0271. The van der Waals surface area contributed by atoms with Gasteiger partial charge >= 0.3 is 5.97 Å². The van der Waals surface area contributed by atoms with Crippen molar-refractivity contribution < 1.29 is 19.4 Å². The van der Waals surface area contributed by atoms with Crippen molar-refractivity contribution in [2.24, 2.45) is 0 Å². The van der Waals surface area contributed by atoms with E-state index in [1.165, 1.54) is 4.90 Å². The lowest BCUT2D eigenvalue weighted by Crippen LogP contribution is -2.52. The fourth-order valence-corrected chi connectivity index (χ4v) is 2.02. The van der Waals surface area contributed by atoms with Crippen molar-refractivity contribution in [3.8, 4) is 0 Å². The zero-order chi connectivity index (χ0) is 13.9. The van der Waals surface area contributed by atoms with Gasteiger partial charge in [0.2, 0.25) is 5.91 Å². The molecule has 0 spiro atoms. The summed E-state index contributed by atoms with van der Waals surface area (Å²) < 4.78 is 5.56. The molecule has 1 saturated heterocycles. The van der Waals surface area contributed by atoms with Crippen LogP contribution in [0.2, 0.25) is 0 Å². The molecule has 0 radical (unpaired) electrons. The van der Waals surface area contributed by atoms with Crippen LogP contribution in [0.25, 0.3) is 0 Å². The Bertz CT molecular complexity index is 311. The normalized spacial score (nSPS) is 26.2. The number of rotatable bonds is 4. The first-order valence-electron chi connectivity index (χ1n) is 6.17. The van der Waals surface area contributed by atoms with Crippen molar-refractivity contribution in [2.45, 2.75) is 39.0 Å². The lowest BCUT2D eigenvalue weighted by atomic mass is 10.2. The molecule has 3 atom stereocenters. The molecule has 0 bridgehead atoms. The van der Waals surface area contributed by atoms with E-state index in [9.17, 15) is 9.59 Å². The molecule has 1 N–H and O–H groups in total. The summed E-state index contributed by atoms with van der Waals surface area (Å²) in [5.74, 6) is -0.971. The van der Waals surface area contributed by atoms with Crippen LogP contribution in [0.5, 0.6) is 0 Å². The first-order valence-corrected chi connectivity index (χ1v) is 6.17. The summed E-state index contributed by atoms with van der Waals surface area (Å²) in [6, 6.07) is -0.662. The van der Waals surface area contributed by atoms with Gasteiger partial charge in [0.25, 0.3) is 0 Å². The molecular weight excluding hydrogens is 236 g/mol. The maximum atomic E-state index is 12.1. The standard InChI is InChI=1S/C12H22N2O4/c1-8-5-14(6-9(2)18-8)11(15)7-13(4)10(3)12(16)17/h8-10H,5-7H2,1-4H3,(H,16,17)/t8-,9-,10+/m1/s1. The molecule has 18 heavy (non-hydrogen) atoms. The van der Waals surface area contributed by atoms with E-state index in [0.29, 0.717) is 13.1 Å². The van der Waals surface area contributed by atoms with Gasteiger partial charge in [-0.05, 0) is 27.8 Å². The first kappa shape index (κ1) is 14.9. The third-order valence-corrected chi connectivity index (χ3v) is 3.18. The maximum Gasteiger partial charge on any atom is 0.320 e. The third-order valence-electron chi connectivity index (χ3n) is 3.18. The van der Waals surface area contributed by atoms with E-state index in [1.54, 1.807) is 18.9 Å². The number of ether oxygens (including phenoxy) is 1. The number of carbonyl (C=O) groups excluding carboxylic acids is 1. The van der Waals surface area contributed by atoms with Crippen molar-refractivity contribution in [3.05, 3.63) is 0 Å². The van der Waals surface area contributed by atoms with Crippen molar-refractivity contribution >= 4 is 11.9 Å². The second-order valence-electron chi connectivity index (χ2n) is 4.99. The quantitative estimate of drug-likeness (QED) is 0.770. The van der Waals surface area contributed by atoms with Gasteiger partial charge in [-0.25, -0.2) is 0 Å². The molecule has 1 aliphatic rings. The monoisotopic (exact) mass is 258 g/mol. The van der Waals surface area contributed by atoms with Crippen LogP contribution in [0.4, 0.5) is 0 Å². The van der Waals surface area contributed by atoms with Gasteiger partial charge in [0.05, 0.1) is 18.8 Å². The molecular formula is C12H22N2O4. The fourth-order valence-electron chi connectivity index (χ4n) is 2.02. The minimum absolute atomic E-state index is 0.0277. The lowest BCUT2D eigenvalue weighted by Gasteiger charge is -2.36. The topological polar surface area (TPSA) is 70.1 Å². The number of carbonyl (C=O) groups is 2. The zero-order valence-electron chi connectivity index (χ0n) is 11.4. The molecule has 1 heterocycles. The number of hydrogen-bond donors (Lipinski definition) is 1. The van der Waals surface area contributed by atoms with Gasteiger partial charge in [-0.2, -0.15) is 0 Å². The second kappa shape index (κ2) is 6.15. The number of nitrogens with zero attached hydrogens (tertiary/aromatic N) is 2. The van der Waals surface area contributed by atoms with Crippen molar-refractivity contribution in [1.82, 2.24) is 9.80 Å². The molecule has 0 aromatic carbocycles. The van der Waals surface area contributed by atoms with Gasteiger partial charge in [0.15, 0.2) is 0 Å². The van der Waals surface area contributed by atoms with Gasteiger partial charge in [0, 0.05) is 13.1 Å². The molecule has 0 aromatic rings. The van der Waals surface area contributed by atoms with E-state index in [0.717, 1.165) is 0 Å². The summed E-state index contributed by atoms with van der Waals surface area (Å²) in [5, 5.41) is 8.87. The zero-order valence-corrected chi connectivity index (χ0v) is 11.4. The summed E-state index contributed by atoms with van der Waals surface area (Å²) in [4.78, 5) is 26.2. The van der Waals surface area contributed by atoms with Crippen molar-refractivity contribution in [3.63, 3.8) is 0 Å². The molecule has 1 rings (SSSR count). The van der Waals surface area contributed by atoms with E-state index < -0.39 is 12.0 Å². The van der Waals surface area contributed by atoms with Gasteiger partial charge in [-0.1, -0.05) is 0 Å². The van der Waals surface area contributed by atoms with E-state index in [-0.39, 0.29) is 24.7 Å². The second-order valence-corrected chi connectivity index (χ2v) is 4.99. The van der Waals surface area contributed by atoms with Crippen molar-refractivity contribution in [2.75, 3.05) is 26.7 Å². The summed E-state index contributed by atoms with van der Waals surface area (Å²) in [5.41, 5.74) is 0. The number of amides is 1. The first-order chi connectivity index (χ1) is 8.31. The van der Waals surface area contributed by atoms with Crippen LogP contribution in [0.1, 0.15) is 20.8 Å². The molecule has 1 aliphatic heterocycles. The summed E-state index contributed by atoms with van der Waals surface area (Å²) in [6.45, 7) is 6.68. The summed E-state index contributed by atoms with van der Waals surface area (Å²) >= 11 is 0. The van der Waals surface area contributed by atoms with E-state index in [1.807, 2.05) is 13.8 Å². The average Bonchev–Trinajstić information content (AvgIpc) is 2.26. The number of likely N-dealkylation sites (N-methyl/N-ethyl adjacent to an activating group) is 1. The highest BCUT2D eigenvalue weighted by Crippen LogP contribution is 2.11. The average molecular weight is 258 g/mol. The third kappa shape index (κ3) is 3.96. The highest BCUT2D eigenvalue weighted by atomic mass is 16.5. The van der Waals surface area contributed by atoms with Crippen molar-refractivity contribution in [1.29, 1.82) is 0 Å². The largest absolute Gasteiger partial charge is 0.480 e. The Balaban J connectivity index is 2.52. The van der Waals surface area contributed by atoms with Gasteiger partial charge in [-0.15, -0.1) is 0 Å². The van der Waals surface area contributed by atoms with Crippen LogP contribution in [-0.2, 0) is 14.3 Å². The van der Waals surface area contributed by atoms with Crippen LogP contribution in [0.3, 0.4) is 0 Å². The van der Waals surface area contributed by atoms with Gasteiger partial charge in [-0.3, -0.25) is 14.5 Å². The maximum absolute atomic E-state index is 12.1. The number of aliphatic carboxylic acids is 1. The summed E-state index contributed by atoms with van der Waals surface area (Å²) in [7, 11) is 1.64. The Morgan fingerprint density at radius 3 is 2.33 bits per heavy atom. The van der Waals surface area contributed by atoms with Crippen LogP contribution < -0.4 is 0 Å². The Morgan fingerprint density at radius 1 is 1.39 bits per heavy atom. The Morgan fingerprint density at radius 2 is 1.89 bits per heavy atom. The molecule has 1 fully saturated rings. The molecule has 0 aliphatic carbocycles. The van der Waals surface area contributed by atoms with Crippen LogP contribution >= 0.6 is 0 Å². The minimum atomic E-state index is -0.922. The number of hydrogen-bond acceptors (Lipinski definition) is 4. The summed E-state index contributed by atoms with van der Waals surface area (Å²) in [6.07, 6.45) is 0.0554. The van der Waals surface area contributed by atoms with Crippen LogP contribution in [-0.4, -0.2) is 71.7 Å². The number of carboxylic acids is 1. The smallest absolute Gasteiger partial charge is 0.320 e. The Hall–Kier alpha value is -1.14. The van der Waals surface area contributed by atoms with Crippen LogP contribution in [0, 0.1) is 0 Å². The highest BCUT2D eigenvalue weighted by Gasteiger charge is 2.27. The molecule has 6 nitrogen and oxygen atoms in total. The van der Waals surface area contributed by atoms with Crippen LogP contribution in [0.15, 0.2) is 0 Å². The molecule has 1 amide bonds. The molecule has 0 saturated carbocycles. The molecule has 0 aromatic heterocycles. The number of carboxylic acid groups (broad SMARTS) is 1. The fraction of sp³-hybridized carbons (Fsp3) is 0.833. The SMILES string of the molecule is C[C@@H]1CN(C(=O)CN(C)[C@@H](C)C(=O)O)C[C@@H](C)O1. The minimum Gasteiger partial charge on any atom is -0.480 e. The van der Waals surface area contributed by atoms with Gasteiger partial charge in [0.1, 0.15) is 6.04 Å². The predicted molar refractivity (Wildman–Crippen MR) is 66.3 cm³/mol. The highest BCUT2D eigenvalue weighted by molar-refractivity contribution is 5.80. The Labute approximate surface area is 107 Å².